The van der Waals surface area contributed by atoms with Gasteiger partial charge in [-0.25, -0.2) is 21.6 Å². The molecule has 3 N–H and O–H groups in total. The molecule has 1 aliphatic rings. The first kappa shape index (κ1) is 24.9. The van der Waals surface area contributed by atoms with E-state index in [2.05, 4.69) is 4.18 Å². The summed E-state index contributed by atoms with van der Waals surface area (Å²) < 4.78 is 72.0. The SMILES string of the molecule is O=S(=O)([O-])NC1COC(COS(=O)(=O)[O-])[C@H](O)[C@@H]1O.[Na+].[Na+]. The van der Waals surface area contributed by atoms with E-state index in [1.807, 2.05) is 0 Å². The summed E-state index contributed by atoms with van der Waals surface area (Å²) in [6, 6.07) is -1.39. The third-order valence-electron chi connectivity index (χ3n) is 2.31. The normalized spacial score (nSPS) is 30.1. The van der Waals surface area contributed by atoms with Gasteiger partial charge in [0.15, 0.2) is 10.3 Å². The monoisotopic (exact) mass is 367 g/mol. The minimum atomic E-state index is -4.99. The zero-order chi connectivity index (χ0) is 14.8. The van der Waals surface area contributed by atoms with Crippen LogP contribution in [-0.4, -0.2) is 73.7 Å². The molecule has 0 aromatic rings. The van der Waals surface area contributed by atoms with Crippen LogP contribution in [0.25, 0.3) is 0 Å². The smallest absolute Gasteiger partial charge is 0.735 e. The van der Waals surface area contributed by atoms with Crippen LogP contribution in [0.5, 0.6) is 0 Å². The van der Waals surface area contributed by atoms with Crippen molar-refractivity contribution in [2.45, 2.75) is 24.4 Å². The molecule has 0 aromatic heterocycles. The molecular formula is C6H11NNa2O10S2. The fourth-order valence-electron chi connectivity index (χ4n) is 1.47. The minimum Gasteiger partial charge on any atom is -0.735 e. The van der Waals surface area contributed by atoms with Crippen LogP contribution in [0.3, 0.4) is 0 Å². The Hall–Kier alpha value is 1.62. The zero-order valence-electron chi connectivity index (χ0n) is 11.2. The fourth-order valence-corrected chi connectivity index (χ4v) is 2.35. The van der Waals surface area contributed by atoms with E-state index >= 15 is 0 Å². The van der Waals surface area contributed by atoms with Gasteiger partial charge in [-0.2, -0.15) is 0 Å². The minimum absolute atomic E-state index is 0. The van der Waals surface area contributed by atoms with E-state index in [1.54, 1.807) is 0 Å². The van der Waals surface area contributed by atoms with Crippen molar-refractivity contribution < 1.29 is 104 Å². The van der Waals surface area contributed by atoms with Crippen LogP contribution in [0.4, 0.5) is 0 Å². The molecule has 0 aliphatic carbocycles. The molecule has 0 saturated carbocycles. The molecule has 15 heteroatoms. The molecule has 2 unspecified atom stereocenters. The predicted octanol–water partition coefficient (Wildman–Crippen LogP) is -9.99. The van der Waals surface area contributed by atoms with Crippen molar-refractivity contribution in [1.29, 1.82) is 0 Å². The average Bonchev–Trinajstić information content (AvgIpc) is 2.21. The first-order chi connectivity index (χ1) is 8.49. The number of hydrogen-bond donors (Lipinski definition) is 3. The molecule has 1 saturated heterocycles. The molecule has 1 fully saturated rings. The second kappa shape index (κ2) is 9.80. The quantitative estimate of drug-likeness (QED) is 0.239. The van der Waals surface area contributed by atoms with E-state index in [-0.39, 0.29) is 59.1 Å². The van der Waals surface area contributed by atoms with Crippen LogP contribution < -0.4 is 63.8 Å². The van der Waals surface area contributed by atoms with Crippen molar-refractivity contribution in [1.82, 2.24) is 4.72 Å². The van der Waals surface area contributed by atoms with Gasteiger partial charge >= 0.3 is 59.1 Å². The van der Waals surface area contributed by atoms with Crippen molar-refractivity contribution in [3.05, 3.63) is 0 Å². The Morgan fingerprint density at radius 1 is 1.14 bits per heavy atom. The van der Waals surface area contributed by atoms with Crippen molar-refractivity contribution >= 4 is 20.7 Å². The Labute approximate surface area is 165 Å². The molecule has 0 bridgehead atoms. The molecule has 1 rings (SSSR count). The summed E-state index contributed by atoms with van der Waals surface area (Å²) in [5, 5.41) is 19.0. The summed E-state index contributed by atoms with van der Waals surface area (Å²) in [6.07, 6.45) is -4.82. The molecule has 0 amide bonds. The number of rotatable bonds is 5. The second-order valence-electron chi connectivity index (χ2n) is 3.72. The number of aliphatic hydroxyl groups is 2. The summed E-state index contributed by atoms with van der Waals surface area (Å²) in [5.74, 6) is 0. The van der Waals surface area contributed by atoms with Crippen molar-refractivity contribution in [2.75, 3.05) is 13.2 Å². The maximum Gasteiger partial charge on any atom is 1.00 e. The molecular weight excluding hydrogens is 356 g/mol. The van der Waals surface area contributed by atoms with Gasteiger partial charge < -0.3 is 24.1 Å². The molecule has 11 nitrogen and oxygen atoms in total. The largest absolute Gasteiger partial charge is 1.00 e. The van der Waals surface area contributed by atoms with Crippen LogP contribution in [-0.2, 0) is 29.6 Å². The number of ether oxygens (including phenoxy) is 1. The van der Waals surface area contributed by atoms with E-state index < -0.39 is 58.3 Å². The summed E-state index contributed by atoms with van der Waals surface area (Å²) in [7, 11) is -9.85. The molecule has 1 heterocycles. The Bertz CT molecular complexity index is 508. The molecule has 0 spiro atoms. The van der Waals surface area contributed by atoms with Gasteiger partial charge in [0.05, 0.1) is 19.3 Å². The Morgan fingerprint density at radius 2 is 1.67 bits per heavy atom. The van der Waals surface area contributed by atoms with Crippen molar-refractivity contribution in [2.24, 2.45) is 0 Å². The van der Waals surface area contributed by atoms with Crippen LogP contribution in [0.1, 0.15) is 0 Å². The molecule has 0 radical (unpaired) electrons. The summed E-state index contributed by atoms with van der Waals surface area (Å²) in [6.45, 7) is -1.35. The fraction of sp³-hybridized carbons (Fsp3) is 1.00. The first-order valence-corrected chi connectivity index (χ1v) is 7.55. The number of hydrogen-bond acceptors (Lipinski definition) is 10. The number of nitrogens with one attached hydrogen (secondary N) is 1. The van der Waals surface area contributed by atoms with E-state index in [0.717, 1.165) is 0 Å². The van der Waals surface area contributed by atoms with Gasteiger partial charge in [0.1, 0.15) is 18.3 Å². The second-order valence-corrected chi connectivity index (χ2v) is 5.92. The summed E-state index contributed by atoms with van der Waals surface area (Å²) in [5.41, 5.74) is 0. The molecule has 4 atom stereocenters. The Balaban J connectivity index is 0. The molecule has 21 heavy (non-hydrogen) atoms. The van der Waals surface area contributed by atoms with Crippen molar-refractivity contribution in [3.63, 3.8) is 0 Å². The van der Waals surface area contributed by atoms with Gasteiger partial charge in [-0.3, -0.25) is 4.18 Å². The van der Waals surface area contributed by atoms with Gasteiger partial charge in [-0.1, -0.05) is 0 Å². The van der Waals surface area contributed by atoms with E-state index in [4.69, 9.17) is 4.74 Å². The average molecular weight is 367 g/mol. The van der Waals surface area contributed by atoms with Gasteiger partial charge in [0, 0.05) is 0 Å². The maximum absolute atomic E-state index is 10.4. The van der Waals surface area contributed by atoms with E-state index in [9.17, 15) is 36.2 Å². The first-order valence-electron chi connectivity index (χ1n) is 4.81. The van der Waals surface area contributed by atoms with Crippen LogP contribution in [0.15, 0.2) is 0 Å². The zero-order valence-corrected chi connectivity index (χ0v) is 16.8. The molecule has 1 aliphatic heterocycles. The molecule has 114 valence electrons. The van der Waals surface area contributed by atoms with Gasteiger partial charge in [0.25, 0.3) is 0 Å². The van der Waals surface area contributed by atoms with Crippen LogP contribution in [0, 0.1) is 0 Å². The van der Waals surface area contributed by atoms with E-state index in [1.165, 1.54) is 4.72 Å². The standard InChI is InChI=1S/C6H13NO10S2.2Na/c8-5-3(7-18(10,11)12)1-16-4(6(5)9)2-17-19(13,14)15;;/h3-9H,1-2H2,(H,10,11,12)(H,13,14,15);;/q;2*+1/p-2/t3?,4?,5-,6+;;/m1../s1. The third-order valence-corrected chi connectivity index (χ3v) is 3.32. The van der Waals surface area contributed by atoms with E-state index in [0.29, 0.717) is 0 Å². The topological polar surface area (TPSA) is 185 Å². The third kappa shape index (κ3) is 9.49. The summed E-state index contributed by atoms with van der Waals surface area (Å²) in [4.78, 5) is 0. The summed E-state index contributed by atoms with van der Waals surface area (Å²) >= 11 is 0. The maximum atomic E-state index is 10.4. The Kier molecular flexibility index (Phi) is 11.6. The van der Waals surface area contributed by atoms with Crippen LogP contribution >= 0.6 is 0 Å². The number of aliphatic hydroxyl groups excluding tert-OH is 2. The van der Waals surface area contributed by atoms with Gasteiger partial charge in [0.2, 0.25) is 10.4 Å². The Morgan fingerprint density at radius 3 is 2.10 bits per heavy atom. The van der Waals surface area contributed by atoms with Gasteiger partial charge in [-0.15, -0.1) is 0 Å². The van der Waals surface area contributed by atoms with Gasteiger partial charge in [-0.05, 0) is 0 Å². The predicted molar refractivity (Wildman–Crippen MR) is 54.0 cm³/mol. The molecule has 0 aromatic carbocycles. The van der Waals surface area contributed by atoms with Crippen molar-refractivity contribution in [3.8, 4) is 0 Å². The van der Waals surface area contributed by atoms with Crippen LogP contribution in [0.2, 0.25) is 0 Å².